The fourth-order valence-electron chi connectivity index (χ4n) is 4.06. The maximum Gasteiger partial charge on any atom is 0.255 e. The van der Waals surface area contributed by atoms with Gasteiger partial charge in [-0.2, -0.15) is 0 Å². The van der Waals surface area contributed by atoms with E-state index in [1.165, 1.54) is 5.56 Å². The molecule has 1 saturated carbocycles. The highest BCUT2D eigenvalue weighted by molar-refractivity contribution is 5.97. The largest absolute Gasteiger partial charge is 0.485 e. The molecule has 1 spiro atoms. The van der Waals surface area contributed by atoms with Gasteiger partial charge in [-0.25, -0.2) is 0 Å². The summed E-state index contributed by atoms with van der Waals surface area (Å²) in [5, 5.41) is 6.05. The van der Waals surface area contributed by atoms with Crippen LogP contribution in [0.1, 0.15) is 41.6 Å². The lowest BCUT2D eigenvalue weighted by atomic mass is 9.78. The topological polar surface area (TPSA) is 80.3 Å². The van der Waals surface area contributed by atoms with Gasteiger partial charge in [0, 0.05) is 24.9 Å². The molecule has 1 fully saturated rings. The first-order valence-corrected chi connectivity index (χ1v) is 9.88. The minimum absolute atomic E-state index is 0.000799. The van der Waals surface area contributed by atoms with Gasteiger partial charge < -0.3 is 15.4 Å². The van der Waals surface area contributed by atoms with Crippen molar-refractivity contribution >= 4 is 11.8 Å². The van der Waals surface area contributed by atoms with Crippen molar-refractivity contribution in [3.8, 4) is 5.75 Å². The number of pyridine rings is 1. The molecule has 4 rings (SSSR count). The van der Waals surface area contributed by atoms with Gasteiger partial charge in [-0.1, -0.05) is 12.1 Å². The fourth-order valence-corrected chi connectivity index (χ4v) is 4.06. The quantitative estimate of drug-likeness (QED) is 0.855. The zero-order valence-corrected chi connectivity index (χ0v) is 15.8. The van der Waals surface area contributed by atoms with Crippen molar-refractivity contribution in [1.82, 2.24) is 15.6 Å². The number of hydrogen-bond donors (Lipinski definition) is 2. The van der Waals surface area contributed by atoms with Crippen LogP contribution in [0.15, 0.2) is 48.8 Å². The van der Waals surface area contributed by atoms with Crippen LogP contribution in [0.3, 0.4) is 0 Å². The van der Waals surface area contributed by atoms with Crippen LogP contribution in [0.4, 0.5) is 0 Å². The van der Waals surface area contributed by atoms with Gasteiger partial charge in [0.05, 0.1) is 12.1 Å². The number of aromatic nitrogens is 1. The van der Waals surface area contributed by atoms with Gasteiger partial charge in [0.25, 0.3) is 5.91 Å². The highest BCUT2D eigenvalue weighted by Crippen LogP contribution is 2.38. The Morgan fingerprint density at radius 3 is 2.71 bits per heavy atom. The Morgan fingerprint density at radius 1 is 1.18 bits per heavy atom. The van der Waals surface area contributed by atoms with Crippen molar-refractivity contribution in [2.45, 2.75) is 37.7 Å². The second-order valence-corrected chi connectivity index (χ2v) is 7.63. The van der Waals surface area contributed by atoms with Crippen LogP contribution >= 0.6 is 0 Å². The van der Waals surface area contributed by atoms with E-state index in [9.17, 15) is 9.59 Å². The van der Waals surface area contributed by atoms with Crippen molar-refractivity contribution in [3.63, 3.8) is 0 Å². The zero-order chi connectivity index (χ0) is 19.4. The number of nitrogens with zero attached hydrogens (tertiary/aromatic N) is 1. The van der Waals surface area contributed by atoms with Crippen LogP contribution in [-0.4, -0.2) is 35.5 Å². The molecule has 0 atom stereocenters. The van der Waals surface area contributed by atoms with Gasteiger partial charge in [-0.05, 0) is 61.9 Å². The SMILES string of the molecule is O=C1NCC2(CCC(C(=O)NCCc3ccncc3)CC2)Oc2ccccc21. The molecule has 1 aliphatic heterocycles. The number of rotatable bonds is 4. The smallest absolute Gasteiger partial charge is 0.255 e. The lowest BCUT2D eigenvalue weighted by Gasteiger charge is -2.39. The first kappa shape index (κ1) is 18.5. The highest BCUT2D eigenvalue weighted by Gasteiger charge is 2.41. The van der Waals surface area contributed by atoms with E-state index in [2.05, 4.69) is 15.6 Å². The van der Waals surface area contributed by atoms with E-state index < -0.39 is 5.60 Å². The van der Waals surface area contributed by atoms with Crippen LogP contribution in [0.25, 0.3) is 0 Å². The molecule has 0 bridgehead atoms. The molecule has 0 unspecified atom stereocenters. The molecule has 2 amide bonds. The van der Waals surface area contributed by atoms with E-state index in [4.69, 9.17) is 4.74 Å². The summed E-state index contributed by atoms with van der Waals surface area (Å²) in [6.45, 7) is 1.11. The minimum atomic E-state index is -0.421. The number of carbonyl (C=O) groups excluding carboxylic acids is 2. The molecule has 1 aromatic carbocycles. The highest BCUT2D eigenvalue weighted by atomic mass is 16.5. The predicted octanol–water partition coefficient (Wildman–Crippen LogP) is 2.49. The van der Waals surface area contributed by atoms with E-state index in [0.29, 0.717) is 24.4 Å². The maximum absolute atomic E-state index is 12.5. The Hall–Kier alpha value is -2.89. The second kappa shape index (κ2) is 8.00. The average molecular weight is 379 g/mol. The summed E-state index contributed by atoms with van der Waals surface area (Å²) in [6, 6.07) is 11.3. The van der Waals surface area contributed by atoms with Crippen LogP contribution in [0.5, 0.6) is 5.75 Å². The number of amides is 2. The third kappa shape index (κ3) is 4.01. The summed E-state index contributed by atoms with van der Waals surface area (Å²) in [6.07, 6.45) is 7.37. The van der Waals surface area contributed by atoms with Crippen LogP contribution < -0.4 is 15.4 Å². The number of para-hydroxylation sites is 1. The Morgan fingerprint density at radius 2 is 1.93 bits per heavy atom. The van der Waals surface area contributed by atoms with Crippen LogP contribution in [0.2, 0.25) is 0 Å². The van der Waals surface area contributed by atoms with Crippen molar-refractivity contribution in [2.24, 2.45) is 5.92 Å². The number of ether oxygens (including phenoxy) is 1. The van der Waals surface area contributed by atoms with Crippen molar-refractivity contribution in [3.05, 3.63) is 59.9 Å². The van der Waals surface area contributed by atoms with Gasteiger partial charge in [-0.3, -0.25) is 14.6 Å². The Bertz CT molecular complexity index is 845. The molecule has 2 heterocycles. The normalized spacial score (nSPS) is 23.9. The molecule has 0 radical (unpaired) electrons. The van der Waals surface area contributed by atoms with E-state index in [-0.39, 0.29) is 17.7 Å². The molecule has 0 saturated heterocycles. The fraction of sp³-hybridized carbons (Fsp3) is 0.409. The van der Waals surface area contributed by atoms with Crippen molar-refractivity contribution in [2.75, 3.05) is 13.1 Å². The molecule has 28 heavy (non-hydrogen) atoms. The predicted molar refractivity (Wildman–Crippen MR) is 105 cm³/mol. The Kier molecular flexibility index (Phi) is 5.28. The summed E-state index contributed by atoms with van der Waals surface area (Å²) in [5.74, 6) is 0.657. The van der Waals surface area contributed by atoms with Gasteiger partial charge in [0.2, 0.25) is 5.91 Å². The van der Waals surface area contributed by atoms with Crippen LogP contribution in [0, 0.1) is 5.92 Å². The average Bonchev–Trinajstić information content (AvgIpc) is 2.86. The molecule has 2 N–H and O–H groups in total. The van der Waals surface area contributed by atoms with E-state index >= 15 is 0 Å². The molecule has 1 aromatic heterocycles. The molecule has 146 valence electrons. The molecule has 1 aliphatic carbocycles. The number of benzene rings is 1. The van der Waals surface area contributed by atoms with Gasteiger partial charge in [0.1, 0.15) is 11.4 Å². The first-order valence-electron chi connectivity index (χ1n) is 9.88. The Labute approximate surface area is 164 Å². The molecular weight excluding hydrogens is 354 g/mol. The molecule has 2 aliphatic rings. The lowest BCUT2D eigenvalue weighted by molar-refractivity contribution is -0.127. The summed E-state index contributed by atoms with van der Waals surface area (Å²) < 4.78 is 6.30. The summed E-state index contributed by atoms with van der Waals surface area (Å²) in [4.78, 5) is 28.8. The molecular formula is C22H25N3O3. The maximum atomic E-state index is 12.5. The first-order chi connectivity index (χ1) is 13.7. The monoisotopic (exact) mass is 379 g/mol. The number of fused-ring (bicyclic) bond motifs is 1. The van der Waals surface area contributed by atoms with Gasteiger partial charge in [0.15, 0.2) is 0 Å². The summed E-state index contributed by atoms with van der Waals surface area (Å²) in [5.41, 5.74) is 1.32. The van der Waals surface area contributed by atoms with Crippen molar-refractivity contribution in [1.29, 1.82) is 0 Å². The summed E-state index contributed by atoms with van der Waals surface area (Å²) >= 11 is 0. The number of carbonyl (C=O) groups is 2. The summed E-state index contributed by atoms with van der Waals surface area (Å²) in [7, 11) is 0. The van der Waals surface area contributed by atoms with E-state index in [1.54, 1.807) is 18.5 Å². The zero-order valence-electron chi connectivity index (χ0n) is 15.8. The van der Waals surface area contributed by atoms with Gasteiger partial charge >= 0.3 is 0 Å². The standard InChI is InChI=1S/C22H25N3O3/c26-20(24-14-9-16-7-12-23-13-8-16)17-5-10-22(11-6-17)15-25-21(27)18-3-1-2-4-19(18)28-22/h1-4,7-8,12-13,17H,5-6,9-11,14-15H2,(H,24,26)(H,25,27). The number of nitrogens with one attached hydrogen (secondary N) is 2. The van der Waals surface area contributed by atoms with Gasteiger partial charge in [-0.15, -0.1) is 0 Å². The lowest BCUT2D eigenvalue weighted by Crippen LogP contribution is -2.49. The molecule has 6 heteroatoms. The third-order valence-corrected chi connectivity index (χ3v) is 5.76. The van der Waals surface area contributed by atoms with Crippen LogP contribution in [-0.2, 0) is 11.2 Å². The van der Waals surface area contributed by atoms with Crippen molar-refractivity contribution < 1.29 is 14.3 Å². The van der Waals surface area contributed by atoms with E-state index in [1.807, 2.05) is 30.3 Å². The third-order valence-electron chi connectivity index (χ3n) is 5.76. The van der Waals surface area contributed by atoms with E-state index in [0.717, 1.165) is 32.1 Å². The Balaban J connectivity index is 1.31. The number of hydrogen-bond acceptors (Lipinski definition) is 4. The molecule has 2 aromatic rings. The second-order valence-electron chi connectivity index (χ2n) is 7.63. The molecule has 6 nitrogen and oxygen atoms in total. The minimum Gasteiger partial charge on any atom is -0.485 e.